The third kappa shape index (κ3) is 3.15. The molecule has 0 aliphatic carbocycles. The lowest BCUT2D eigenvalue weighted by Crippen LogP contribution is -2.31. The molecule has 1 amide bonds. The fourth-order valence-corrected chi connectivity index (χ4v) is 2.03. The summed E-state index contributed by atoms with van der Waals surface area (Å²) in [6, 6.07) is 6.78. The van der Waals surface area contributed by atoms with Crippen LogP contribution < -0.4 is 10.9 Å². The van der Waals surface area contributed by atoms with Crippen molar-refractivity contribution in [1.29, 1.82) is 0 Å². The molecular formula is C15H14N6O2. The van der Waals surface area contributed by atoms with Crippen molar-refractivity contribution in [2.24, 2.45) is 7.05 Å². The fraction of sp³-hybridized carbons (Fsp3) is 0.133. The van der Waals surface area contributed by atoms with Crippen LogP contribution in [0.1, 0.15) is 16.1 Å². The number of carbonyl (C=O) groups is 1. The molecule has 0 fully saturated rings. The summed E-state index contributed by atoms with van der Waals surface area (Å²) in [7, 11) is 1.60. The molecule has 23 heavy (non-hydrogen) atoms. The van der Waals surface area contributed by atoms with Gasteiger partial charge in [0, 0.05) is 19.4 Å². The van der Waals surface area contributed by atoms with E-state index < -0.39 is 5.91 Å². The third-order valence-electron chi connectivity index (χ3n) is 3.25. The molecule has 0 aromatic carbocycles. The Morgan fingerprint density at radius 3 is 2.96 bits per heavy atom. The third-order valence-corrected chi connectivity index (χ3v) is 3.25. The second-order valence-electron chi connectivity index (χ2n) is 4.89. The Kier molecular flexibility index (Phi) is 3.96. The second kappa shape index (κ2) is 6.22. The maximum absolute atomic E-state index is 12.1. The van der Waals surface area contributed by atoms with Gasteiger partial charge in [0.1, 0.15) is 11.3 Å². The number of carbonyl (C=O) groups excluding carboxylic acids is 1. The molecule has 3 rings (SSSR count). The van der Waals surface area contributed by atoms with Gasteiger partial charge in [-0.2, -0.15) is 0 Å². The molecule has 0 radical (unpaired) electrons. The zero-order chi connectivity index (χ0) is 16.2. The van der Waals surface area contributed by atoms with E-state index in [2.05, 4.69) is 20.6 Å². The lowest BCUT2D eigenvalue weighted by molar-refractivity contribution is 0.0948. The number of aryl methyl sites for hydroxylation is 1. The van der Waals surface area contributed by atoms with E-state index >= 15 is 0 Å². The van der Waals surface area contributed by atoms with E-state index in [9.17, 15) is 9.59 Å². The second-order valence-corrected chi connectivity index (χ2v) is 4.89. The maximum Gasteiger partial charge on any atom is 0.263 e. The summed E-state index contributed by atoms with van der Waals surface area (Å²) < 4.78 is 2.92. The molecule has 0 aliphatic heterocycles. The van der Waals surface area contributed by atoms with E-state index in [0.717, 1.165) is 5.69 Å². The number of hydrogen-bond acceptors (Lipinski definition) is 5. The number of rotatable bonds is 4. The number of nitrogens with one attached hydrogen (secondary N) is 1. The first kappa shape index (κ1) is 14.6. The molecule has 3 aromatic heterocycles. The minimum atomic E-state index is -0.442. The van der Waals surface area contributed by atoms with Gasteiger partial charge in [-0.25, -0.2) is 4.68 Å². The van der Waals surface area contributed by atoms with E-state index in [1.165, 1.54) is 10.6 Å². The molecule has 0 spiro atoms. The number of hydrogen-bond donors (Lipinski definition) is 1. The van der Waals surface area contributed by atoms with Crippen LogP contribution in [-0.4, -0.2) is 30.5 Å². The van der Waals surface area contributed by atoms with Crippen molar-refractivity contribution in [3.05, 3.63) is 70.7 Å². The molecular weight excluding hydrogens is 296 g/mol. The quantitative estimate of drug-likeness (QED) is 0.747. The summed E-state index contributed by atoms with van der Waals surface area (Å²) in [5.41, 5.74) is 1.10. The van der Waals surface area contributed by atoms with Crippen LogP contribution in [0.5, 0.6) is 0 Å². The van der Waals surface area contributed by atoms with Crippen LogP contribution >= 0.6 is 0 Å². The van der Waals surface area contributed by atoms with Gasteiger partial charge >= 0.3 is 0 Å². The van der Waals surface area contributed by atoms with Crippen LogP contribution in [0.3, 0.4) is 0 Å². The lowest BCUT2D eigenvalue weighted by atomic mass is 10.2. The first-order chi connectivity index (χ1) is 11.1. The first-order valence-corrected chi connectivity index (χ1v) is 6.90. The summed E-state index contributed by atoms with van der Waals surface area (Å²) in [5, 5.41) is 10.6. The smallest absolute Gasteiger partial charge is 0.263 e. The Morgan fingerprint density at radius 2 is 2.17 bits per heavy atom. The number of amides is 1. The van der Waals surface area contributed by atoms with Crippen molar-refractivity contribution >= 4 is 5.91 Å². The van der Waals surface area contributed by atoms with Gasteiger partial charge in [0.25, 0.3) is 11.5 Å². The van der Waals surface area contributed by atoms with Crippen LogP contribution in [0, 0.1) is 0 Å². The Morgan fingerprint density at radius 1 is 1.30 bits per heavy atom. The Labute approximate surface area is 131 Å². The maximum atomic E-state index is 12.1. The normalized spacial score (nSPS) is 10.5. The number of pyridine rings is 2. The van der Waals surface area contributed by atoms with E-state index in [0.29, 0.717) is 5.69 Å². The summed E-state index contributed by atoms with van der Waals surface area (Å²) in [4.78, 5) is 28.0. The van der Waals surface area contributed by atoms with Crippen molar-refractivity contribution in [2.45, 2.75) is 6.54 Å². The van der Waals surface area contributed by atoms with Crippen molar-refractivity contribution in [3.8, 4) is 5.69 Å². The van der Waals surface area contributed by atoms with Gasteiger partial charge in [-0.3, -0.25) is 14.6 Å². The molecule has 0 bridgehead atoms. The Bertz CT molecular complexity index is 884. The van der Waals surface area contributed by atoms with Crippen LogP contribution in [0.4, 0.5) is 0 Å². The van der Waals surface area contributed by atoms with Crippen LogP contribution in [0.15, 0.2) is 53.8 Å². The van der Waals surface area contributed by atoms with Crippen molar-refractivity contribution in [2.75, 3.05) is 0 Å². The van der Waals surface area contributed by atoms with Crippen molar-refractivity contribution < 1.29 is 4.79 Å². The summed E-state index contributed by atoms with van der Waals surface area (Å²) >= 11 is 0. The predicted molar refractivity (Wildman–Crippen MR) is 82.0 cm³/mol. The van der Waals surface area contributed by atoms with Gasteiger partial charge in [0.05, 0.1) is 24.6 Å². The molecule has 0 atom stereocenters. The zero-order valence-corrected chi connectivity index (χ0v) is 12.4. The fourth-order valence-electron chi connectivity index (χ4n) is 2.03. The van der Waals surface area contributed by atoms with Gasteiger partial charge in [-0.05, 0) is 24.3 Å². The summed E-state index contributed by atoms with van der Waals surface area (Å²) in [6.45, 7) is 0.178. The topological polar surface area (TPSA) is 94.7 Å². The highest BCUT2D eigenvalue weighted by Crippen LogP contribution is 2.04. The minimum Gasteiger partial charge on any atom is -0.346 e. The number of aromatic nitrogens is 5. The zero-order valence-electron chi connectivity index (χ0n) is 12.4. The van der Waals surface area contributed by atoms with Gasteiger partial charge in [-0.1, -0.05) is 5.21 Å². The highest BCUT2D eigenvalue weighted by atomic mass is 16.2. The minimum absolute atomic E-state index is 0.0923. The predicted octanol–water partition coefficient (Wildman–Crippen LogP) is 0.291. The van der Waals surface area contributed by atoms with Crippen molar-refractivity contribution in [1.82, 2.24) is 29.9 Å². The molecule has 0 unspecified atom stereocenters. The van der Waals surface area contributed by atoms with Crippen LogP contribution in [-0.2, 0) is 13.6 Å². The van der Waals surface area contributed by atoms with Crippen LogP contribution in [0.2, 0.25) is 0 Å². The summed E-state index contributed by atoms with van der Waals surface area (Å²) in [6.07, 6.45) is 6.62. The van der Waals surface area contributed by atoms with Gasteiger partial charge in [0.15, 0.2) is 0 Å². The Hall–Kier alpha value is -3.29. The molecule has 0 saturated carbocycles. The first-order valence-electron chi connectivity index (χ1n) is 6.90. The molecule has 8 nitrogen and oxygen atoms in total. The van der Waals surface area contributed by atoms with Crippen molar-refractivity contribution in [3.63, 3.8) is 0 Å². The lowest BCUT2D eigenvalue weighted by Gasteiger charge is -2.04. The highest BCUT2D eigenvalue weighted by Gasteiger charge is 2.11. The monoisotopic (exact) mass is 310 g/mol. The van der Waals surface area contributed by atoms with Gasteiger partial charge in [-0.15, -0.1) is 5.10 Å². The molecule has 0 aliphatic rings. The van der Waals surface area contributed by atoms with E-state index in [4.69, 9.17) is 0 Å². The molecule has 3 aromatic rings. The molecule has 3 heterocycles. The summed E-state index contributed by atoms with van der Waals surface area (Å²) in [5.74, 6) is -0.442. The molecule has 0 saturated heterocycles. The Balaban J connectivity index is 1.69. The average molecular weight is 310 g/mol. The van der Waals surface area contributed by atoms with E-state index in [1.54, 1.807) is 48.6 Å². The SMILES string of the molecule is Cn1cccc(C(=O)NCc2cn(-c3cccnc3)nn2)c1=O. The van der Waals surface area contributed by atoms with E-state index in [1.807, 2.05) is 6.07 Å². The highest BCUT2D eigenvalue weighted by molar-refractivity contribution is 5.93. The largest absolute Gasteiger partial charge is 0.346 e. The van der Waals surface area contributed by atoms with Crippen LogP contribution in [0.25, 0.3) is 5.69 Å². The van der Waals surface area contributed by atoms with E-state index in [-0.39, 0.29) is 17.7 Å². The number of nitrogens with zero attached hydrogens (tertiary/aromatic N) is 5. The molecule has 116 valence electrons. The average Bonchev–Trinajstić information content (AvgIpc) is 3.05. The standard InChI is InChI=1S/C15H14N6O2/c1-20-7-3-5-13(15(20)23)14(22)17-8-11-10-21(19-18-11)12-4-2-6-16-9-12/h2-7,9-10H,8H2,1H3,(H,17,22). The molecule has 8 heteroatoms. The van der Waals surface area contributed by atoms with Gasteiger partial charge in [0.2, 0.25) is 0 Å². The van der Waals surface area contributed by atoms with Gasteiger partial charge < -0.3 is 9.88 Å². The molecule has 1 N–H and O–H groups in total.